The van der Waals surface area contributed by atoms with Gasteiger partial charge in [-0.15, -0.1) is 11.3 Å². The van der Waals surface area contributed by atoms with Gasteiger partial charge >= 0.3 is 5.97 Å². The number of thiophene rings is 1. The lowest BCUT2D eigenvalue weighted by atomic mass is 10.0. The number of esters is 1. The minimum atomic E-state index is -0.497. The summed E-state index contributed by atoms with van der Waals surface area (Å²) >= 11 is 1.34. The molecule has 2 aromatic carbocycles. The molecule has 3 rings (SSSR count). The molecule has 0 aliphatic heterocycles. The normalized spacial score (nSPS) is 10.8. The highest BCUT2D eigenvalue weighted by molar-refractivity contribution is 7.17. The number of benzene rings is 2. The average molecular weight is 452 g/mol. The number of hydrogen-bond donors (Lipinski definition) is 1. The molecular formula is C25H25NO5S. The van der Waals surface area contributed by atoms with Gasteiger partial charge in [0.2, 0.25) is 5.91 Å². The van der Waals surface area contributed by atoms with Crippen molar-refractivity contribution in [2.45, 2.75) is 13.8 Å². The second-order valence-electron chi connectivity index (χ2n) is 6.76. The van der Waals surface area contributed by atoms with Crippen LogP contribution in [0.15, 0.2) is 54.6 Å². The third kappa shape index (κ3) is 5.18. The van der Waals surface area contributed by atoms with Gasteiger partial charge in [0.15, 0.2) is 11.5 Å². The number of amides is 1. The maximum absolute atomic E-state index is 12.6. The van der Waals surface area contributed by atoms with Crippen molar-refractivity contribution in [2.75, 3.05) is 26.1 Å². The number of carbonyl (C=O) groups excluding carboxylic acids is 2. The zero-order valence-electron chi connectivity index (χ0n) is 18.4. The highest BCUT2D eigenvalue weighted by Gasteiger charge is 2.24. The van der Waals surface area contributed by atoms with Crippen molar-refractivity contribution in [3.63, 3.8) is 0 Å². The van der Waals surface area contributed by atoms with Gasteiger partial charge in [-0.3, -0.25) is 4.79 Å². The SMILES string of the molecule is CCOc1ccc(/C=C/C(=O)Nc2sc(C)c(-c3ccccc3)c2C(=O)OC)cc1OC. The molecule has 1 N–H and O–H groups in total. The minimum absolute atomic E-state index is 0.352. The number of methoxy groups -OCH3 is 2. The molecule has 6 nitrogen and oxygen atoms in total. The summed E-state index contributed by atoms with van der Waals surface area (Å²) in [4.78, 5) is 26.1. The predicted octanol–water partition coefficient (Wildman–Crippen LogP) is 5.57. The monoisotopic (exact) mass is 451 g/mol. The van der Waals surface area contributed by atoms with Crippen LogP contribution in [0.3, 0.4) is 0 Å². The molecule has 166 valence electrons. The van der Waals surface area contributed by atoms with Gasteiger partial charge in [0, 0.05) is 16.5 Å². The van der Waals surface area contributed by atoms with Crippen LogP contribution in [0.25, 0.3) is 17.2 Å². The van der Waals surface area contributed by atoms with Crippen molar-refractivity contribution in [3.8, 4) is 22.6 Å². The highest BCUT2D eigenvalue weighted by Crippen LogP contribution is 2.40. The van der Waals surface area contributed by atoms with E-state index in [2.05, 4.69) is 5.32 Å². The summed E-state index contributed by atoms with van der Waals surface area (Å²) in [5.41, 5.74) is 2.78. The van der Waals surface area contributed by atoms with Crippen molar-refractivity contribution < 1.29 is 23.8 Å². The first-order valence-corrected chi connectivity index (χ1v) is 10.9. The number of carbonyl (C=O) groups is 2. The van der Waals surface area contributed by atoms with E-state index in [1.165, 1.54) is 24.5 Å². The molecule has 0 bridgehead atoms. The molecule has 0 spiro atoms. The van der Waals surface area contributed by atoms with Crippen molar-refractivity contribution >= 4 is 34.3 Å². The molecule has 1 heterocycles. The molecule has 0 saturated carbocycles. The molecule has 1 amide bonds. The summed E-state index contributed by atoms with van der Waals surface area (Å²) in [6, 6.07) is 15.0. The van der Waals surface area contributed by atoms with Crippen molar-refractivity contribution in [1.82, 2.24) is 0 Å². The molecule has 7 heteroatoms. The quantitative estimate of drug-likeness (QED) is 0.358. The van der Waals surface area contributed by atoms with E-state index >= 15 is 0 Å². The fraction of sp³-hybridized carbons (Fsp3) is 0.200. The Morgan fingerprint density at radius 2 is 1.81 bits per heavy atom. The van der Waals surface area contributed by atoms with Crippen molar-refractivity contribution in [3.05, 3.63) is 70.6 Å². The van der Waals surface area contributed by atoms with E-state index in [4.69, 9.17) is 14.2 Å². The zero-order chi connectivity index (χ0) is 23.1. The highest BCUT2D eigenvalue weighted by atomic mass is 32.1. The first-order chi connectivity index (χ1) is 15.5. The Morgan fingerprint density at radius 1 is 1.06 bits per heavy atom. The molecule has 0 aliphatic carbocycles. The number of nitrogens with one attached hydrogen (secondary N) is 1. The lowest BCUT2D eigenvalue weighted by Gasteiger charge is -2.09. The van der Waals surface area contributed by atoms with Gasteiger partial charge in [0.25, 0.3) is 0 Å². The second-order valence-corrected chi connectivity index (χ2v) is 7.99. The number of rotatable bonds is 8. The van der Waals surface area contributed by atoms with Gasteiger partial charge in [0.1, 0.15) is 10.6 Å². The number of anilines is 1. The molecule has 0 saturated heterocycles. The van der Waals surface area contributed by atoms with Crippen LogP contribution in [0.1, 0.15) is 27.7 Å². The Hall–Kier alpha value is -3.58. The Labute approximate surface area is 191 Å². The summed E-state index contributed by atoms with van der Waals surface area (Å²) in [5, 5.41) is 3.27. The smallest absolute Gasteiger partial charge is 0.341 e. The standard InChI is InChI=1S/C25H25NO5S/c1-5-31-19-13-11-17(15-20(19)29-3)12-14-21(27)26-24-23(25(28)30-4)22(16(2)32-24)18-9-7-6-8-10-18/h6-15H,5H2,1-4H3,(H,26,27)/b14-12+. The van der Waals surface area contributed by atoms with Crippen LogP contribution in [0.4, 0.5) is 5.00 Å². The lowest BCUT2D eigenvalue weighted by Crippen LogP contribution is -2.11. The Balaban J connectivity index is 1.86. The molecule has 0 unspecified atom stereocenters. The molecule has 1 aromatic heterocycles. The topological polar surface area (TPSA) is 73.9 Å². The van der Waals surface area contributed by atoms with Crippen LogP contribution < -0.4 is 14.8 Å². The maximum Gasteiger partial charge on any atom is 0.341 e. The van der Waals surface area contributed by atoms with Gasteiger partial charge in [-0.2, -0.15) is 0 Å². The van der Waals surface area contributed by atoms with E-state index in [1.807, 2.05) is 50.2 Å². The van der Waals surface area contributed by atoms with Crippen molar-refractivity contribution in [2.24, 2.45) is 0 Å². The van der Waals surface area contributed by atoms with Gasteiger partial charge in [-0.1, -0.05) is 36.4 Å². The summed E-state index contributed by atoms with van der Waals surface area (Å²) in [7, 11) is 2.89. The molecule has 32 heavy (non-hydrogen) atoms. The maximum atomic E-state index is 12.6. The molecule has 0 atom stereocenters. The van der Waals surface area contributed by atoms with Gasteiger partial charge in [0.05, 0.1) is 20.8 Å². The number of ether oxygens (including phenoxy) is 3. The molecule has 3 aromatic rings. The number of aryl methyl sites for hydroxylation is 1. The van der Waals surface area contributed by atoms with Crippen LogP contribution in [0.2, 0.25) is 0 Å². The second kappa shape index (κ2) is 10.6. The van der Waals surface area contributed by atoms with Gasteiger partial charge in [-0.25, -0.2) is 4.79 Å². The largest absolute Gasteiger partial charge is 0.493 e. The van der Waals surface area contributed by atoms with E-state index < -0.39 is 5.97 Å². The summed E-state index contributed by atoms with van der Waals surface area (Å²) in [6.45, 7) is 4.34. The van der Waals surface area contributed by atoms with E-state index in [-0.39, 0.29) is 5.91 Å². The third-order valence-electron chi connectivity index (χ3n) is 4.69. The minimum Gasteiger partial charge on any atom is -0.493 e. The first-order valence-electron chi connectivity index (χ1n) is 10.1. The fourth-order valence-electron chi connectivity index (χ4n) is 3.27. The fourth-order valence-corrected chi connectivity index (χ4v) is 4.34. The third-order valence-corrected chi connectivity index (χ3v) is 5.71. The molecule has 0 radical (unpaired) electrons. The number of hydrogen-bond acceptors (Lipinski definition) is 6. The van der Waals surface area contributed by atoms with E-state index in [0.29, 0.717) is 28.7 Å². The summed E-state index contributed by atoms with van der Waals surface area (Å²) < 4.78 is 15.8. The Bertz CT molecular complexity index is 1130. The first kappa shape index (κ1) is 23.1. The summed E-state index contributed by atoms with van der Waals surface area (Å²) in [6.07, 6.45) is 3.08. The van der Waals surface area contributed by atoms with Crippen LogP contribution in [0, 0.1) is 6.92 Å². The Morgan fingerprint density at radius 3 is 2.47 bits per heavy atom. The van der Waals surface area contributed by atoms with Gasteiger partial charge < -0.3 is 19.5 Å². The molecular weight excluding hydrogens is 426 g/mol. The van der Waals surface area contributed by atoms with E-state index in [1.54, 1.807) is 25.3 Å². The van der Waals surface area contributed by atoms with Gasteiger partial charge in [-0.05, 0) is 43.2 Å². The average Bonchev–Trinajstić information content (AvgIpc) is 3.13. The van der Waals surface area contributed by atoms with Crippen LogP contribution >= 0.6 is 11.3 Å². The van der Waals surface area contributed by atoms with Crippen LogP contribution in [-0.4, -0.2) is 32.7 Å². The van der Waals surface area contributed by atoms with Crippen LogP contribution in [0.5, 0.6) is 11.5 Å². The lowest BCUT2D eigenvalue weighted by molar-refractivity contribution is -0.111. The Kier molecular flexibility index (Phi) is 7.68. The molecule has 0 aliphatic rings. The predicted molar refractivity (Wildman–Crippen MR) is 128 cm³/mol. The molecule has 0 fully saturated rings. The van der Waals surface area contributed by atoms with Crippen molar-refractivity contribution in [1.29, 1.82) is 0 Å². The summed E-state index contributed by atoms with van der Waals surface area (Å²) in [5.74, 6) is 0.373. The van der Waals surface area contributed by atoms with E-state index in [0.717, 1.165) is 21.6 Å². The van der Waals surface area contributed by atoms with E-state index in [9.17, 15) is 9.59 Å². The van der Waals surface area contributed by atoms with Crippen LogP contribution in [-0.2, 0) is 9.53 Å². The zero-order valence-corrected chi connectivity index (χ0v) is 19.2.